The second-order valence-electron chi connectivity index (χ2n) is 4.11. The fourth-order valence-corrected chi connectivity index (χ4v) is 5.90. The van der Waals surface area contributed by atoms with E-state index in [1.165, 1.54) is 0 Å². The maximum absolute atomic E-state index is 11.9. The van der Waals surface area contributed by atoms with Crippen molar-refractivity contribution in [1.82, 2.24) is 0 Å². The Bertz CT molecular complexity index is 459. The van der Waals surface area contributed by atoms with Crippen LogP contribution in [0.2, 0.25) is 0 Å². The Balaban J connectivity index is 2.26. The lowest BCUT2D eigenvalue weighted by atomic mass is 10.1. The summed E-state index contributed by atoms with van der Waals surface area (Å²) in [6.45, 7) is 0. The van der Waals surface area contributed by atoms with Crippen LogP contribution in [0, 0.1) is 0 Å². The first-order valence-corrected chi connectivity index (χ1v) is 8.46. The molecule has 0 aliphatic carbocycles. The topological polar surface area (TPSA) is 63.6 Å². The Morgan fingerprint density at radius 1 is 1.33 bits per heavy atom. The van der Waals surface area contributed by atoms with Gasteiger partial charge in [-0.1, -0.05) is 12.1 Å². The average molecular weight is 288 g/mol. The van der Waals surface area contributed by atoms with Crippen LogP contribution in [0.25, 0.3) is 0 Å². The van der Waals surface area contributed by atoms with Crippen molar-refractivity contribution in [3.8, 4) is 5.75 Å². The predicted molar refractivity (Wildman–Crippen MR) is 72.4 cm³/mol. The fourth-order valence-electron chi connectivity index (χ4n) is 1.97. The van der Waals surface area contributed by atoms with Crippen LogP contribution < -0.4 is 4.74 Å². The lowest BCUT2D eigenvalue weighted by molar-refractivity contribution is 0.193. The van der Waals surface area contributed by atoms with E-state index in [0.717, 1.165) is 0 Å². The summed E-state index contributed by atoms with van der Waals surface area (Å²) in [4.78, 5) is 0. The molecule has 1 fully saturated rings. The molecule has 0 aromatic heterocycles. The van der Waals surface area contributed by atoms with E-state index in [1.54, 1.807) is 31.4 Å². The average Bonchev–Trinajstić information content (AvgIpc) is 2.38. The number of methoxy groups -OCH3 is 1. The molecule has 3 atom stereocenters. The van der Waals surface area contributed by atoms with Gasteiger partial charge in [-0.15, -0.1) is 0 Å². The SMILES string of the molecule is COc1cccc([C@H](O)C2S(=O)CCCS2=O)c1. The second-order valence-corrected chi connectivity index (χ2v) is 7.77. The van der Waals surface area contributed by atoms with E-state index in [9.17, 15) is 13.5 Å². The summed E-state index contributed by atoms with van der Waals surface area (Å²) in [7, 11) is -0.932. The number of aliphatic hydroxyl groups excluding tert-OH is 1. The summed E-state index contributed by atoms with van der Waals surface area (Å²) in [5.41, 5.74) is 0.600. The molecule has 4 nitrogen and oxygen atoms in total. The normalized spacial score (nSPS) is 29.8. The molecule has 100 valence electrons. The van der Waals surface area contributed by atoms with E-state index in [1.807, 2.05) is 0 Å². The van der Waals surface area contributed by atoms with Crippen LogP contribution in [0.5, 0.6) is 5.75 Å². The Labute approximate surface area is 111 Å². The third-order valence-corrected chi connectivity index (χ3v) is 7.12. The van der Waals surface area contributed by atoms with Gasteiger partial charge < -0.3 is 9.84 Å². The summed E-state index contributed by atoms with van der Waals surface area (Å²) in [6.07, 6.45) is -0.275. The van der Waals surface area contributed by atoms with Gasteiger partial charge in [0.05, 0.1) is 7.11 Å². The molecule has 1 aliphatic rings. The Kier molecular flexibility index (Phi) is 4.53. The summed E-state index contributed by atoms with van der Waals surface area (Å²) < 4.78 is 28.2. The van der Waals surface area contributed by atoms with E-state index in [-0.39, 0.29) is 0 Å². The first-order chi connectivity index (χ1) is 8.63. The lowest BCUT2D eigenvalue weighted by Gasteiger charge is -2.25. The number of aliphatic hydroxyl groups is 1. The minimum atomic E-state index is -1.24. The van der Waals surface area contributed by atoms with Gasteiger partial charge in [0, 0.05) is 33.1 Å². The maximum Gasteiger partial charge on any atom is 0.140 e. The fraction of sp³-hybridized carbons (Fsp3) is 0.500. The molecule has 1 aromatic carbocycles. The molecule has 2 unspecified atom stereocenters. The van der Waals surface area contributed by atoms with Crippen LogP contribution >= 0.6 is 0 Å². The molecular weight excluding hydrogens is 272 g/mol. The highest BCUT2D eigenvalue weighted by Crippen LogP contribution is 2.28. The van der Waals surface area contributed by atoms with Crippen LogP contribution in [-0.4, -0.2) is 36.7 Å². The smallest absolute Gasteiger partial charge is 0.140 e. The molecule has 0 radical (unpaired) electrons. The van der Waals surface area contributed by atoms with Crippen molar-refractivity contribution >= 4 is 21.6 Å². The molecule has 6 heteroatoms. The maximum atomic E-state index is 11.9. The molecule has 0 spiro atoms. The van der Waals surface area contributed by atoms with Gasteiger partial charge in [0.25, 0.3) is 0 Å². The van der Waals surface area contributed by atoms with Crippen molar-refractivity contribution in [3.63, 3.8) is 0 Å². The minimum Gasteiger partial charge on any atom is -0.497 e. The standard InChI is InChI=1S/C12H16O4S2/c1-16-10-5-2-4-9(8-10)11(13)12-17(14)6-3-7-18(12)15/h2,4-5,8,11-13H,3,6-7H2,1H3/t11-,12?,17?,18?/m0/s1. The lowest BCUT2D eigenvalue weighted by Crippen LogP contribution is -2.35. The Hall–Kier alpha value is -0.720. The highest BCUT2D eigenvalue weighted by molar-refractivity contribution is 8.03. The summed E-state index contributed by atoms with van der Waals surface area (Å²) in [6, 6.07) is 6.95. The monoisotopic (exact) mass is 288 g/mol. The molecule has 1 aliphatic heterocycles. The van der Waals surface area contributed by atoms with Gasteiger partial charge in [0.1, 0.15) is 16.4 Å². The summed E-state index contributed by atoms with van der Waals surface area (Å²) in [5.74, 6) is 1.65. The number of hydrogen-bond donors (Lipinski definition) is 1. The summed E-state index contributed by atoms with van der Waals surface area (Å²) in [5, 5.41) is 10.3. The van der Waals surface area contributed by atoms with Gasteiger partial charge in [-0.25, -0.2) is 0 Å². The number of hydrogen-bond acceptors (Lipinski definition) is 4. The molecule has 1 N–H and O–H groups in total. The highest BCUT2D eigenvalue weighted by Gasteiger charge is 2.35. The molecule has 1 saturated heterocycles. The molecule has 1 aromatic rings. The van der Waals surface area contributed by atoms with Gasteiger partial charge in [0.2, 0.25) is 0 Å². The number of ether oxygens (including phenoxy) is 1. The Morgan fingerprint density at radius 2 is 2.00 bits per heavy atom. The van der Waals surface area contributed by atoms with Gasteiger partial charge in [0.15, 0.2) is 0 Å². The predicted octanol–water partition coefficient (Wildman–Crippen LogP) is 0.956. The molecule has 2 rings (SSSR count). The van der Waals surface area contributed by atoms with Crippen molar-refractivity contribution < 1.29 is 18.3 Å². The van der Waals surface area contributed by atoms with Crippen LogP contribution in [0.3, 0.4) is 0 Å². The zero-order valence-electron chi connectivity index (χ0n) is 10.1. The van der Waals surface area contributed by atoms with Gasteiger partial charge in [-0.05, 0) is 24.1 Å². The zero-order valence-corrected chi connectivity index (χ0v) is 11.7. The van der Waals surface area contributed by atoms with Gasteiger partial charge >= 0.3 is 0 Å². The van der Waals surface area contributed by atoms with Crippen molar-refractivity contribution in [2.24, 2.45) is 0 Å². The van der Waals surface area contributed by atoms with Crippen molar-refractivity contribution in [3.05, 3.63) is 29.8 Å². The minimum absolute atomic E-state index is 0.511. The molecule has 0 bridgehead atoms. The van der Waals surface area contributed by atoms with Crippen molar-refractivity contribution in [1.29, 1.82) is 0 Å². The first kappa shape index (κ1) is 13.7. The number of benzene rings is 1. The highest BCUT2D eigenvalue weighted by atomic mass is 32.2. The first-order valence-electron chi connectivity index (χ1n) is 5.70. The molecular formula is C12H16O4S2. The van der Waals surface area contributed by atoms with E-state index in [4.69, 9.17) is 4.74 Å². The molecule has 0 amide bonds. The quantitative estimate of drug-likeness (QED) is 0.899. The molecule has 18 heavy (non-hydrogen) atoms. The second kappa shape index (κ2) is 5.95. The van der Waals surface area contributed by atoms with Crippen LogP contribution in [-0.2, 0) is 21.6 Å². The van der Waals surface area contributed by atoms with Crippen LogP contribution in [0.15, 0.2) is 24.3 Å². The van der Waals surface area contributed by atoms with E-state index in [0.29, 0.717) is 29.2 Å². The third kappa shape index (κ3) is 2.81. The summed E-state index contributed by atoms with van der Waals surface area (Å²) >= 11 is 0. The largest absolute Gasteiger partial charge is 0.497 e. The Morgan fingerprint density at radius 3 is 2.61 bits per heavy atom. The van der Waals surface area contributed by atoms with Crippen molar-refractivity contribution in [2.45, 2.75) is 17.1 Å². The molecule has 1 heterocycles. The zero-order chi connectivity index (χ0) is 13.1. The van der Waals surface area contributed by atoms with Gasteiger partial charge in [-0.3, -0.25) is 8.42 Å². The van der Waals surface area contributed by atoms with Crippen molar-refractivity contribution in [2.75, 3.05) is 18.6 Å². The van der Waals surface area contributed by atoms with E-state index < -0.39 is 32.3 Å². The van der Waals surface area contributed by atoms with E-state index in [2.05, 4.69) is 0 Å². The van der Waals surface area contributed by atoms with Gasteiger partial charge in [-0.2, -0.15) is 0 Å². The van der Waals surface area contributed by atoms with E-state index >= 15 is 0 Å². The van der Waals surface area contributed by atoms with Crippen LogP contribution in [0.4, 0.5) is 0 Å². The number of rotatable bonds is 3. The van der Waals surface area contributed by atoms with Crippen LogP contribution in [0.1, 0.15) is 18.1 Å². The third-order valence-electron chi connectivity index (χ3n) is 2.90. The molecule has 0 saturated carbocycles.